The largest absolute Gasteiger partial charge is 0.277 e. The van der Waals surface area contributed by atoms with Crippen molar-refractivity contribution < 1.29 is 4.79 Å². The molecule has 0 aliphatic carbocycles. The van der Waals surface area contributed by atoms with E-state index in [1.165, 1.54) is 0 Å². The van der Waals surface area contributed by atoms with Gasteiger partial charge in [-0.2, -0.15) is 0 Å². The van der Waals surface area contributed by atoms with Crippen LogP contribution in [0.15, 0.2) is 23.2 Å². The SMILES string of the molecule is CC(C)C1=NC(=O)c2cc(Cl)ccc21. The number of amides is 1. The first-order chi connectivity index (χ1) is 6.59. The van der Waals surface area contributed by atoms with E-state index in [1.54, 1.807) is 12.1 Å². The molecule has 2 nitrogen and oxygen atoms in total. The molecule has 3 heteroatoms. The number of rotatable bonds is 1. The van der Waals surface area contributed by atoms with Crippen molar-refractivity contribution in [3.63, 3.8) is 0 Å². The Bertz CT molecular complexity index is 435. The fourth-order valence-corrected chi connectivity index (χ4v) is 1.76. The van der Waals surface area contributed by atoms with E-state index in [2.05, 4.69) is 4.99 Å². The third kappa shape index (κ3) is 1.36. The molecule has 1 heterocycles. The fourth-order valence-electron chi connectivity index (χ4n) is 1.59. The maximum atomic E-state index is 11.5. The van der Waals surface area contributed by atoms with Crippen LogP contribution in [0.5, 0.6) is 0 Å². The Morgan fingerprint density at radius 2 is 2.00 bits per heavy atom. The molecule has 14 heavy (non-hydrogen) atoms. The average molecular weight is 208 g/mol. The molecule has 1 aromatic rings. The fraction of sp³-hybridized carbons (Fsp3) is 0.273. The Balaban J connectivity index is 2.58. The molecular formula is C11H10ClNO. The van der Waals surface area contributed by atoms with E-state index in [9.17, 15) is 4.79 Å². The summed E-state index contributed by atoms with van der Waals surface area (Å²) in [6.07, 6.45) is 0. The zero-order valence-corrected chi connectivity index (χ0v) is 8.80. The molecular weight excluding hydrogens is 198 g/mol. The molecule has 0 radical (unpaired) electrons. The van der Waals surface area contributed by atoms with Crippen LogP contribution in [0.2, 0.25) is 5.02 Å². The maximum Gasteiger partial charge on any atom is 0.277 e. The number of hydrogen-bond donors (Lipinski definition) is 0. The Morgan fingerprint density at radius 1 is 1.29 bits per heavy atom. The monoisotopic (exact) mass is 207 g/mol. The highest BCUT2D eigenvalue weighted by Gasteiger charge is 2.24. The van der Waals surface area contributed by atoms with Crippen molar-refractivity contribution in [1.29, 1.82) is 0 Å². The summed E-state index contributed by atoms with van der Waals surface area (Å²) >= 11 is 5.81. The van der Waals surface area contributed by atoms with Gasteiger partial charge >= 0.3 is 0 Å². The predicted octanol–water partition coefficient (Wildman–Crippen LogP) is 2.94. The van der Waals surface area contributed by atoms with E-state index in [0.717, 1.165) is 11.3 Å². The Hall–Kier alpha value is -1.15. The first-order valence-corrected chi connectivity index (χ1v) is 4.90. The van der Waals surface area contributed by atoms with Crippen LogP contribution in [0.25, 0.3) is 0 Å². The first-order valence-electron chi connectivity index (χ1n) is 4.52. The minimum Gasteiger partial charge on any atom is -0.267 e. The lowest BCUT2D eigenvalue weighted by Gasteiger charge is -2.05. The normalized spacial score (nSPS) is 14.6. The molecule has 0 aromatic heterocycles. The van der Waals surface area contributed by atoms with Gasteiger partial charge in [-0.05, 0) is 18.1 Å². The number of fused-ring (bicyclic) bond motifs is 1. The van der Waals surface area contributed by atoms with Gasteiger partial charge in [-0.25, -0.2) is 4.99 Å². The molecule has 0 saturated carbocycles. The van der Waals surface area contributed by atoms with Gasteiger partial charge in [0.15, 0.2) is 0 Å². The summed E-state index contributed by atoms with van der Waals surface area (Å²) in [6.45, 7) is 4.05. The second-order valence-electron chi connectivity index (χ2n) is 3.65. The van der Waals surface area contributed by atoms with Crippen molar-refractivity contribution >= 4 is 23.2 Å². The molecule has 1 amide bonds. The van der Waals surface area contributed by atoms with E-state index in [4.69, 9.17) is 11.6 Å². The van der Waals surface area contributed by atoms with E-state index in [-0.39, 0.29) is 11.8 Å². The van der Waals surface area contributed by atoms with Crippen LogP contribution in [-0.2, 0) is 0 Å². The van der Waals surface area contributed by atoms with Gasteiger partial charge in [-0.1, -0.05) is 31.5 Å². The van der Waals surface area contributed by atoms with E-state index in [1.807, 2.05) is 19.9 Å². The molecule has 0 N–H and O–H groups in total. The van der Waals surface area contributed by atoms with Crippen LogP contribution in [0.4, 0.5) is 0 Å². The van der Waals surface area contributed by atoms with Crippen molar-refractivity contribution in [2.75, 3.05) is 0 Å². The third-order valence-corrected chi connectivity index (χ3v) is 2.49. The molecule has 0 saturated heterocycles. The second-order valence-corrected chi connectivity index (χ2v) is 4.08. The topological polar surface area (TPSA) is 29.4 Å². The molecule has 0 atom stereocenters. The molecule has 2 rings (SSSR count). The standard InChI is InChI=1S/C11H10ClNO/c1-6(2)10-8-4-3-7(12)5-9(8)11(14)13-10/h3-6H,1-2H3. The van der Waals surface area contributed by atoms with Crippen LogP contribution in [0.1, 0.15) is 29.8 Å². The molecule has 1 aliphatic heterocycles. The summed E-state index contributed by atoms with van der Waals surface area (Å²) in [5.74, 6) is 0.0903. The van der Waals surface area contributed by atoms with Gasteiger partial charge in [0.05, 0.1) is 11.3 Å². The quantitative estimate of drug-likeness (QED) is 0.696. The van der Waals surface area contributed by atoms with E-state index in [0.29, 0.717) is 10.6 Å². The lowest BCUT2D eigenvalue weighted by molar-refractivity contribution is 0.101. The van der Waals surface area contributed by atoms with Crippen molar-refractivity contribution in [3.05, 3.63) is 34.3 Å². The minimum atomic E-state index is -0.175. The summed E-state index contributed by atoms with van der Waals surface area (Å²) in [5, 5.41) is 0.581. The summed E-state index contributed by atoms with van der Waals surface area (Å²) in [4.78, 5) is 15.5. The average Bonchev–Trinajstić information content (AvgIpc) is 2.44. The van der Waals surface area contributed by atoms with Gasteiger partial charge in [-0.3, -0.25) is 4.79 Å². The number of nitrogens with zero attached hydrogens (tertiary/aromatic N) is 1. The molecule has 0 fully saturated rings. The summed E-state index contributed by atoms with van der Waals surface area (Å²) in [7, 11) is 0. The van der Waals surface area contributed by atoms with Crippen LogP contribution >= 0.6 is 11.6 Å². The van der Waals surface area contributed by atoms with Crippen molar-refractivity contribution in [2.24, 2.45) is 10.9 Å². The number of aliphatic imine (C=N–C) groups is 1. The maximum absolute atomic E-state index is 11.5. The number of carbonyl (C=O) groups is 1. The summed E-state index contributed by atoms with van der Waals surface area (Å²) < 4.78 is 0. The van der Waals surface area contributed by atoms with Crippen molar-refractivity contribution in [2.45, 2.75) is 13.8 Å². The zero-order chi connectivity index (χ0) is 10.3. The van der Waals surface area contributed by atoms with Gasteiger partial charge in [0.25, 0.3) is 5.91 Å². The van der Waals surface area contributed by atoms with Crippen LogP contribution < -0.4 is 0 Å². The second kappa shape index (κ2) is 3.21. The predicted molar refractivity (Wildman–Crippen MR) is 57.2 cm³/mol. The number of benzene rings is 1. The van der Waals surface area contributed by atoms with Gasteiger partial charge in [0, 0.05) is 10.6 Å². The lowest BCUT2D eigenvalue weighted by atomic mass is 9.98. The van der Waals surface area contributed by atoms with Crippen LogP contribution in [0.3, 0.4) is 0 Å². The van der Waals surface area contributed by atoms with Crippen LogP contribution in [0, 0.1) is 5.92 Å². The molecule has 1 aromatic carbocycles. The molecule has 0 bridgehead atoms. The highest BCUT2D eigenvalue weighted by atomic mass is 35.5. The number of carbonyl (C=O) groups excluding carboxylic acids is 1. The summed E-state index contributed by atoms with van der Waals surface area (Å²) in [5.41, 5.74) is 2.41. The van der Waals surface area contributed by atoms with Crippen molar-refractivity contribution in [3.8, 4) is 0 Å². The highest BCUT2D eigenvalue weighted by molar-refractivity contribution is 6.32. The summed E-state index contributed by atoms with van der Waals surface area (Å²) in [6, 6.07) is 5.33. The Labute approximate surface area is 87.6 Å². The van der Waals surface area contributed by atoms with Gasteiger partial charge in [-0.15, -0.1) is 0 Å². The molecule has 0 spiro atoms. The van der Waals surface area contributed by atoms with Gasteiger partial charge in [0.2, 0.25) is 0 Å². The lowest BCUT2D eigenvalue weighted by Crippen LogP contribution is -2.06. The van der Waals surface area contributed by atoms with E-state index >= 15 is 0 Å². The van der Waals surface area contributed by atoms with Gasteiger partial charge < -0.3 is 0 Å². The van der Waals surface area contributed by atoms with E-state index < -0.39 is 0 Å². The highest BCUT2D eigenvalue weighted by Crippen LogP contribution is 2.25. The molecule has 0 unspecified atom stereocenters. The minimum absolute atomic E-state index is 0.175. The zero-order valence-electron chi connectivity index (χ0n) is 8.04. The molecule has 72 valence electrons. The number of hydrogen-bond acceptors (Lipinski definition) is 1. The van der Waals surface area contributed by atoms with Crippen LogP contribution in [-0.4, -0.2) is 11.6 Å². The Morgan fingerprint density at radius 3 is 2.64 bits per heavy atom. The first kappa shape index (κ1) is 9.41. The Kier molecular flexibility index (Phi) is 2.16. The smallest absolute Gasteiger partial charge is 0.267 e. The van der Waals surface area contributed by atoms with Crippen molar-refractivity contribution in [1.82, 2.24) is 0 Å². The number of halogens is 1. The molecule has 1 aliphatic rings. The third-order valence-electron chi connectivity index (χ3n) is 2.26. The van der Waals surface area contributed by atoms with Gasteiger partial charge in [0.1, 0.15) is 0 Å².